The molecule has 2 aromatic rings. The van der Waals surface area contributed by atoms with Crippen molar-refractivity contribution in [2.75, 3.05) is 13.1 Å². The van der Waals surface area contributed by atoms with Crippen LogP contribution in [0.25, 0.3) is 0 Å². The van der Waals surface area contributed by atoms with Gasteiger partial charge >= 0.3 is 12.3 Å². The van der Waals surface area contributed by atoms with Crippen molar-refractivity contribution in [1.82, 2.24) is 4.90 Å². The van der Waals surface area contributed by atoms with Gasteiger partial charge in [0.15, 0.2) is 0 Å². The summed E-state index contributed by atoms with van der Waals surface area (Å²) in [5.74, 6) is -1.55. The number of rotatable bonds is 6. The Labute approximate surface area is 201 Å². The molecule has 2 aliphatic rings. The lowest BCUT2D eigenvalue weighted by molar-refractivity contribution is -0.274. The van der Waals surface area contributed by atoms with E-state index in [0.717, 1.165) is 47.9 Å². The summed E-state index contributed by atoms with van der Waals surface area (Å²) in [5.41, 5.74) is 1.81. The number of hydrogen-bond donors (Lipinski definition) is 1. The van der Waals surface area contributed by atoms with Crippen LogP contribution in [0, 0.1) is 11.7 Å². The first-order chi connectivity index (χ1) is 16.4. The van der Waals surface area contributed by atoms with Crippen molar-refractivity contribution >= 4 is 5.97 Å². The Morgan fingerprint density at radius 1 is 1.14 bits per heavy atom. The minimum absolute atomic E-state index is 0.162. The molecule has 2 aromatic carbocycles. The summed E-state index contributed by atoms with van der Waals surface area (Å²) in [4.78, 5) is 13.3. The number of carboxylic acid groups (broad SMARTS) is 1. The van der Waals surface area contributed by atoms with Crippen molar-refractivity contribution < 1.29 is 36.9 Å². The van der Waals surface area contributed by atoms with Crippen LogP contribution in [0.1, 0.15) is 55.8 Å². The molecule has 9 heteroatoms. The number of likely N-dealkylation sites (tertiary alicyclic amines) is 1. The summed E-state index contributed by atoms with van der Waals surface area (Å²) < 4.78 is 62.7. The maximum atomic E-state index is 14.5. The second-order valence-corrected chi connectivity index (χ2v) is 9.61. The molecule has 0 amide bonds. The van der Waals surface area contributed by atoms with E-state index in [1.807, 2.05) is 23.1 Å². The molecule has 0 saturated carbocycles. The average Bonchev–Trinajstić information content (AvgIpc) is 2.79. The quantitative estimate of drug-likeness (QED) is 0.505. The van der Waals surface area contributed by atoms with Crippen LogP contribution in [-0.4, -0.2) is 41.0 Å². The lowest BCUT2D eigenvalue weighted by Crippen LogP contribution is -2.50. The van der Waals surface area contributed by atoms with E-state index in [9.17, 15) is 27.5 Å². The molecule has 1 saturated heterocycles. The van der Waals surface area contributed by atoms with Crippen LogP contribution in [0.3, 0.4) is 0 Å². The highest BCUT2D eigenvalue weighted by Crippen LogP contribution is 2.41. The molecule has 1 spiro atoms. The maximum Gasteiger partial charge on any atom is 0.573 e. The van der Waals surface area contributed by atoms with Gasteiger partial charge in [-0.3, -0.25) is 9.69 Å². The number of aryl methyl sites for hydroxylation is 1. The first-order valence-corrected chi connectivity index (χ1v) is 11.8. The van der Waals surface area contributed by atoms with Crippen LogP contribution in [0.15, 0.2) is 36.4 Å². The average molecular weight is 496 g/mol. The number of carbonyl (C=O) groups is 1. The fourth-order valence-electron chi connectivity index (χ4n) is 5.02. The van der Waals surface area contributed by atoms with Gasteiger partial charge in [0.05, 0.1) is 5.92 Å². The molecule has 0 aliphatic carbocycles. The molecule has 1 N–H and O–H groups in total. The first kappa shape index (κ1) is 25.3. The fourth-order valence-corrected chi connectivity index (χ4v) is 5.02. The van der Waals surface area contributed by atoms with E-state index in [2.05, 4.69) is 4.74 Å². The Balaban J connectivity index is 1.43. The van der Waals surface area contributed by atoms with E-state index in [1.54, 1.807) is 13.8 Å². The van der Waals surface area contributed by atoms with Crippen LogP contribution >= 0.6 is 0 Å². The zero-order valence-corrected chi connectivity index (χ0v) is 19.7. The summed E-state index contributed by atoms with van der Waals surface area (Å²) >= 11 is 0. The van der Waals surface area contributed by atoms with Gasteiger partial charge in [-0.1, -0.05) is 19.1 Å². The minimum Gasteiger partial charge on any atom is -0.487 e. The molecule has 2 heterocycles. The second kappa shape index (κ2) is 9.68. The number of aliphatic carboxylic acids is 1. The minimum atomic E-state index is -4.84. The Hall–Kier alpha value is -2.81. The number of halogens is 4. The lowest BCUT2D eigenvalue weighted by atomic mass is 9.82. The summed E-state index contributed by atoms with van der Waals surface area (Å²) in [7, 11) is 0. The highest BCUT2D eigenvalue weighted by atomic mass is 19.4. The third kappa shape index (κ3) is 5.89. The van der Waals surface area contributed by atoms with Gasteiger partial charge in [-0.05, 0) is 74.4 Å². The number of fused-ring (bicyclic) bond motifs is 1. The Morgan fingerprint density at radius 3 is 2.51 bits per heavy atom. The molecule has 1 unspecified atom stereocenters. The molecule has 2 atom stereocenters. The smallest absolute Gasteiger partial charge is 0.487 e. The van der Waals surface area contributed by atoms with Crippen molar-refractivity contribution in [2.24, 2.45) is 5.92 Å². The van der Waals surface area contributed by atoms with Crippen LogP contribution in [0.4, 0.5) is 17.6 Å². The molecule has 190 valence electrons. The summed E-state index contributed by atoms with van der Waals surface area (Å²) in [6, 6.07) is 8.56. The standard InChI is InChI=1S/C26H29F4NO4/c1-16(24(32)33)13-18-3-4-19-7-8-25(35-23(19)14-18)9-11-31(12-10-25)17(2)21-15-20(5-6-22(21)27)34-26(28,29)30/h3-6,14-17H,7-13H2,1-2H3,(H,32,33)/t16-,17?/m0/s1. The molecule has 0 bridgehead atoms. The molecule has 0 radical (unpaired) electrons. The molecule has 1 fully saturated rings. The monoisotopic (exact) mass is 495 g/mol. The van der Waals surface area contributed by atoms with Crippen molar-refractivity contribution in [1.29, 1.82) is 0 Å². The number of hydrogen-bond acceptors (Lipinski definition) is 4. The molecule has 5 nitrogen and oxygen atoms in total. The number of ether oxygens (including phenoxy) is 2. The van der Waals surface area contributed by atoms with Crippen LogP contribution in [0.5, 0.6) is 11.5 Å². The third-order valence-corrected chi connectivity index (χ3v) is 7.18. The van der Waals surface area contributed by atoms with E-state index in [1.165, 1.54) is 0 Å². The summed E-state index contributed by atoms with van der Waals surface area (Å²) in [5, 5.41) is 9.20. The Bertz CT molecular complexity index is 1080. The van der Waals surface area contributed by atoms with Gasteiger partial charge in [0, 0.05) is 24.7 Å². The number of nitrogens with zero attached hydrogens (tertiary/aromatic N) is 1. The molecule has 2 aliphatic heterocycles. The molecule has 4 rings (SSSR count). The van der Waals surface area contributed by atoms with Gasteiger partial charge in [-0.15, -0.1) is 13.2 Å². The van der Waals surface area contributed by atoms with Gasteiger partial charge in [-0.25, -0.2) is 4.39 Å². The van der Waals surface area contributed by atoms with Gasteiger partial charge in [0.25, 0.3) is 0 Å². The van der Waals surface area contributed by atoms with Crippen LogP contribution in [0.2, 0.25) is 0 Å². The molecule has 0 aromatic heterocycles. The van der Waals surface area contributed by atoms with E-state index >= 15 is 0 Å². The fraction of sp³-hybridized carbons (Fsp3) is 0.500. The van der Waals surface area contributed by atoms with Crippen LogP contribution in [-0.2, 0) is 17.6 Å². The third-order valence-electron chi connectivity index (χ3n) is 7.18. The van der Waals surface area contributed by atoms with Crippen molar-refractivity contribution in [3.8, 4) is 11.5 Å². The van der Waals surface area contributed by atoms with Crippen molar-refractivity contribution in [2.45, 2.75) is 64.0 Å². The molecule has 35 heavy (non-hydrogen) atoms. The zero-order chi connectivity index (χ0) is 25.4. The second-order valence-electron chi connectivity index (χ2n) is 9.61. The largest absolute Gasteiger partial charge is 0.573 e. The predicted octanol–water partition coefficient (Wildman–Crippen LogP) is 5.91. The maximum absolute atomic E-state index is 14.5. The van der Waals surface area contributed by atoms with Gasteiger partial charge in [0.1, 0.15) is 22.9 Å². The zero-order valence-electron chi connectivity index (χ0n) is 19.7. The summed E-state index contributed by atoms with van der Waals surface area (Å²) in [6.45, 7) is 4.67. The normalized spacial score (nSPS) is 19.5. The number of benzene rings is 2. The van der Waals surface area contributed by atoms with E-state index < -0.39 is 35.9 Å². The van der Waals surface area contributed by atoms with E-state index in [4.69, 9.17) is 4.74 Å². The van der Waals surface area contributed by atoms with E-state index in [0.29, 0.717) is 32.4 Å². The van der Waals surface area contributed by atoms with Crippen LogP contribution < -0.4 is 9.47 Å². The van der Waals surface area contributed by atoms with Crippen molar-refractivity contribution in [3.63, 3.8) is 0 Å². The van der Waals surface area contributed by atoms with E-state index in [-0.39, 0.29) is 11.2 Å². The molecular weight excluding hydrogens is 466 g/mol. The number of piperidine rings is 1. The predicted molar refractivity (Wildman–Crippen MR) is 121 cm³/mol. The summed E-state index contributed by atoms with van der Waals surface area (Å²) in [6.07, 6.45) is -1.32. The first-order valence-electron chi connectivity index (χ1n) is 11.8. The van der Waals surface area contributed by atoms with Gasteiger partial charge < -0.3 is 14.6 Å². The number of carboxylic acids is 1. The highest BCUT2D eigenvalue weighted by molar-refractivity contribution is 5.70. The Kier molecular flexibility index (Phi) is 6.99. The number of alkyl halides is 3. The van der Waals surface area contributed by atoms with Crippen molar-refractivity contribution in [3.05, 3.63) is 58.9 Å². The van der Waals surface area contributed by atoms with Gasteiger partial charge in [0.2, 0.25) is 0 Å². The Morgan fingerprint density at radius 2 is 1.86 bits per heavy atom. The SMILES string of the molecule is CC(c1cc(OC(F)(F)F)ccc1F)N1CCC2(CCc3ccc(C[C@H](C)C(=O)O)cc3O2)CC1. The highest BCUT2D eigenvalue weighted by Gasteiger charge is 2.41. The van der Waals surface area contributed by atoms with Gasteiger partial charge in [-0.2, -0.15) is 0 Å². The topological polar surface area (TPSA) is 59.0 Å². The molecular formula is C26H29F4NO4. The lowest BCUT2D eigenvalue weighted by Gasteiger charge is -2.46.